The fourth-order valence-electron chi connectivity index (χ4n) is 2.63. The quantitative estimate of drug-likeness (QED) is 0.511. The number of aliphatic hydroxyl groups excluding tert-OH is 1. The van der Waals surface area contributed by atoms with E-state index >= 15 is 0 Å². The molecule has 0 aromatic carbocycles. The summed E-state index contributed by atoms with van der Waals surface area (Å²) in [6.45, 7) is 1.75. The minimum atomic E-state index is -0.514. The maximum Gasteiger partial charge on any atom is 0.272 e. The van der Waals surface area contributed by atoms with Crippen LogP contribution in [-0.4, -0.2) is 47.3 Å². The third kappa shape index (κ3) is 3.58. The zero-order valence-electron chi connectivity index (χ0n) is 15.0. The largest absolute Gasteiger partial charge is 0.396 e. The molecule has 4 aromatic rings. The molecule has 4 rings (SSSR count). The van der Waals surface area contributed by atoms with Crippen LogP contribution in [0.15, 0.2) is 47.4 Å². The second-order valence-electron chi connectivity index (χ2n) is 6.13. The zero-order valence-corrected chi connectivity index (χ0v) is 15.0. The first-order chi connectivity index (χ1) is 13.6. The Bertz CT molecular complexity index is 1110. The van der Waals surface area contributed by atoms with Crippen LogP contribution in [-0.2, 0) is 6.42 Å². The molecule has 0 saturated carbocycles. The van der Waals surface area contributed by atoms with Gasteiger partial charge in [0.1, 0.15) is 11.7 Å². The van der Waals surface area contributed by atoms with E-state index in [0.29, 0.717) is 23.6 Å². The van der Waals surface area contributed by atoms with Gasteiger partial charge in [0, 0.05) is 31.3 Å². The summed E-state index contributed by atoms with van der Waals surface area (Å²) in [4.78, 5) is 25.2. The monoisotopic (exact) mass is 379 g/mol. The molecule has 0 aliphatic rings. The van der Waals surface area contributed by atoms with Crippen LogP contribution in [0.25, 0.3) is 17.2 Å². The summed E-state index contributed by atoms with van der Waals surface area (Å²) in [5.41, 5.74) is 2.16. The van der Waals surface area contributed by atoms with Gasteiger partial charge in [-0.05, 0) is 31.0 Å². The SMILES string of the molecule is C[C@H](NC(=O)c1cc2ncc(CCO)cn2n1)c1nc(-c2ccccn2)no1. The number of carbonyl (C=O) groups is 1. The summed E-state index contributed by atoms with van der Waals surface area (Å²) in [5, 5.41) is 19.9. The number of aromatic nitrogens is 6. The molecule has 1 atom stereocenters. The predicted molar refractivity (Wildman–Crippen MR) is 97.2 cm³/mol. The first kappa shape index (κ1) is 17.7. The van der Waals surface area contributed by atoms with Crippen LogP contribution in [0.3, 0.4) is 0 Å². The lowest BCUT2D eigenvalue weighted by molar-refractivity contribution is 0.0927. The van der Waals surface area contributed by atoms with Crippen molar-refractivity contribution >= 4 is 11.6 Å². The Labute approximate surface area is 159 Å². The molecule has 28 heavy (non-hydrogen) atoms. The number of hydrogen-bond donors (Lipinski definition) is 2. The van der Waals surface area contributed by atoms with Crippen molar-refractivity contribution in [3.8, 4) is 11.5 Å². The summed E-state index contributed by atoms with van der Waals surface area (Å²) in [7, 11) is 0. The number of nitrogens with one attached hydrogen (secondary N) is 1. The molecule has 1 amide bonds. The molecule has 0 aliphatic heterocycles. The Morgan fingerprint density at radius 1 is 1.36 bits per heavy atom. The van der Waals surface area contributed by atoms with Crippen molar-refractivity contribution in [2.75, 3.05) is 6.61 Å². The van der Waals surface area contributed by atoms with Gasteiger partial charge >= 0.3 is 0 Å². The normalized spacial score (nSPS) is 12.2. The summed E-state index contributed by atoms with van der Waals surface area (Å²) in [5.74, 6) is 0.227. The lowest BCUT2D eigenvalue weighted by atomic mass is 10.2. The predicted octanol–water partition coefficient (Wildman–Crippen LogP) is 1.20. The minimum absolute atomic E-state index is 0.0178. The van der Waals surface area contributed by atoms with Gasteiger partial charge < -0.3 is 14.9 Å². The van der Waals surface area contributed by atoms with Gasteiger partial charge in [-0.25, -0.2) is 9.50 Å². The molecule has 10 heteroatoms. The molecule has 0 saturated heterocycles. The molecule has 2 N–H and O–H groups in total. The summed E-state index contributed by atoms with van der Waals surface area (Å²) in [6.07, 6.45) is 5.49. The Balaban J connectivity index is 1.49. The van der Waals surface area contributed by atoms with E-state index in [-0.39, 0.29) is 24.1 Å². The lowest BCUT2D eigenvalue weighted by Gasteiger charge is -2.07. The maximum absolute atomic E-state index is 12.5. The minimum Gasteiger partial charge on any atom is -0.396 e. The van der Waals surface area contributed by atoms with Crippen LogP contribution >= 0.6 is 0 Å². The third-order valence-corrected chi connectivity index (χ3v) is 4.05. The molecule has 0 radical (unpaired) electrons. The van der Waals surface area contributed by atoms with E-state index in [1.165, 1.54) is 4.52 Å². The highest BCUT2D eigenvalue weighted by atomic mass is 16.5. The van der Waals surface area contributed by atoms with Crippen molar-refractivity contribution in [1.29, 1.82) is 0 Å². The van der Waals surface area contributed by atoms with Gasteiger partial charge in [0.2, 0.25) is 11.7 Å². The van der Waals surface area contributed by atoms with Crippen LogP contribution < -0.4 is 5.32 Å². The first-order valence-corrected chi connectivity index (χ1v) is 8.65. The number of pyridine rings is 1. The second kappa shape index (κ2) is 7.53. The molecule has 0 unspecified atom stereocenters. The fraction of sp³-hybridized carbons (Fsp3) is 0.222. The number of fused-ring (bicyclic) bond motifs is 1. The van der Waals surface area contributed by atoms with Crippen molar-refractivity contribution in [1.82, 2.24) is 35.0 Å². The number of nitrogens with zero attached hydrogens (tertiary/aromatic N) is 6. The lowest BCUT2D eigenvalue weighted by Crippen LogP contribution is -2.27. The van der Waals surface area contributed by atoms with E-state index in [4.69, 9.17) is 9.63 Å². The van der Waals surface area contributed by atoms with Crippen molar-refractivity contribution < 1.29 is 14.4 Å². The molecule has 0 spiro atoms. The standard InChI is InChI=1S/C18H17N7O3/c1-11(18-22-16(24-28-18)13-4-2-3-6-19-13)21-17(27)14-8-15-20-9-12(5-7-26)10-25(15)23-14/h2-4,6,8-11,26H,5,7H2,1H3,(H,21,27)/t11-/m0/s1. The highest BCUT2D eigenvalue weighted by molar-refractivity contribution is 5.93. The molecule has 4 aromatic heterocycles. The van der Waals surface area contributed by atoms with E-state index in [2.05, 4.69) is 30.5 Å². The number of hydrogen-bond acceptors (Lipinski definition) is 8. The average molecular weight is 379 g/mol. The van der Waals surface area contributed by atoms with E-state index in [9.17, 15) is 4.79 Å². The molecular formula is C18H17N7O3. The fourth-order valence-corrected chi connectivity index (χ4v) is 2.63. The number of amides is 1. The van der Waals surface area contributed by atoms with Crippen LogP contribution in [0.2, 0.25) is 0 Å². The summed E-state index contributed by atoms with van der Waals surface area (Å²) >= 11 is 0. The third-order valence-electron chi connectivity index (χ3n) is 4.05. The zero-order chi connectivity index (χ0) is 19.5. The molecule has 0 fully saturated rings. The van der Waals surface area contributed by atoms with Gasteiger partial charge in [0.05, 0.1) is 0 Å². The van der Waals surface area contributed by atoms with Crippen molar-refractivity contribution in [3.05, 3.63) is 60.0 Å². The molecule has 10 nitrogen and oxygen atoms in total. The van der Waals surface area contributed by atoms with Crippen molar-refractivity contribution in [2.45, 2.75) is 19.4 Å². The molecule has 0 bridgehead atoms. The smallest absolute Gasteiger partial charge is 0.272 e. The Morgan fingerprint density at radius 2 is 2.25 bits per heavy atom. The van der Waals surface area contributed by atoms with Gasteiger partial charge in [-0.15, -0.1) is 0 Å². The van der Waals surface area contributed by atoms with Crippen LogP contribution in [0.1, 0.15) is 34.9 Å². The molecule has 0 aliphatic carbocycles. The molecule has 142 valence electrons. The number of rotatable bonds is 6. The first-order valence-electron chi connectivity index (χ1n) is 8.65. The summed E-state index contributed by atoms with van der Waals surface area (Å²) < 4.78 is 6.75. The Hall–Kier alpha value is -3.66. The van der Waals surface area contributed by atoms with Gasteiger partial charge in [-0.2, -0.15) is 10.1 Å². The van der Waals surface area contributed by atoms with Crippen LogP contribution in [0.5, 0.6) is 0 Å². The number of aliphatic hydroxyl groups is 1. The second-order valence-corrected chi connectivity index (χ2v) is 6.13. The number of carbonyl (C=O) groups excluding carboxylic acids is 1. The van der Waals surface area contributed by atoms with Crippen molar-refractivity contribution in [2.24, 2.45) is 0 Å². The van der Waals surface area contributed by atoms with Crippen molar-refractivity contribution in [3.63, 3.8) is 0 Å². The van der Waals surface area contributed by atoms with Gasteiger partial charge in [-0.1, -0.05) is 11.2 Å². The Morgan fingerprint density at radius 3 is 3.04 bits per heavy atom. The molecule has 4 heterocycles. The van der Waals surface area contributed by atoms with Crippen LogP contribution in [0.4, 0.5) is 0 Å². The average Bonchev–Trinajstić information content (AvgIpc) is 3.36. The van der Waals surface area contributed by atoms with E-state index in [1.54, 1.807) is 43.7 Å². The van der Waals surface area contributed by atoms with Gasteiger partial charge in [0.15, 0.2) is 11.3 Å². The highest BCUT2D eigenvalue weighted by Gasteiger charge is 2.20. The van der Waals surface area contributed by atoms with Gasteiger partial charge in [0.25, 0.3) is 5.91 Å². The van der Waals surface area contributed by atoms with E-state index in [0.717, 1.165) is 5.56 Å². The molecular weight excluding hydrogens is 362 g/mol. The van der Waals surface area contributed by atoms with Crippen LogP contribution in [0, 0.1) is 0 Å². The topological polar surface area (TPSA) is 131 Å². The maximum atomic E-state index is 12.5. The van der Waals surface area contributed by atoms with E-state index < -0.39 is 6.04 Å². The Kier molecular flexibility index (Phi) is 4.77. The van der Waals surface area contributed by atoms with Gasteiger partial charge in [-0.3, -0.25) is 9.78 Å². The highest BCUT2D eigenvalue weighted by Crippen LogP contribution is 2.17. The summed E-state index contributed by atoms with van der Waals surface area (Å²) in [6, 6.07) is 6.46. The van der Waals surface area contributed by atoms with E-state index in [1.807, 2.05) is 6.07 Å².